The molecule has 1 aromatic carbocycles. The fourth-order valence-electron chi connectivity index (χ4n) is 6.83. The van der Waals surface area contributed by atoms with Gasteiger partial charge in [-0.05, 0) is 74.8 Å². The second-order valence-corrected chi connectivity index (χ2v) is 11.9. The lowest BCUT2D eigenvalue weighted by molar-refractivity contribution is -0.124. The zero-order chi connectivity index (χ0) is 20.3. The third-order valence-corrected chi connectivity index (χ3v) is 9.92. The van der Waals surface area contributed by atoms with E-state index >= 15 is 0 Å². The van der Waals surface area contributed by atoms with Crippen molar-refractivity contribution in [2.75, 3.05) is 13.1 Å². The molecule has 3 unspecified atom stereocenters. The molecule has 29 heavy (non-hydrogen) atoms. The van der Waals surface area contributed by atoms with Gasteiger partial charge in [0.25, 0.3) is 0 Å². The van der Waals surface area contributed by atoms with Crippen LogP contribution in [-0.4, -0.2) is 42.8 Å². The molecule has 1 aliphatic heterocycles. The van der Waals surface area contributed by atoms with Gasteiger partial charge in [0.15, 0.2) is 0 Å². The second kappa shape index (κ2) is 6.79. The summed E-state index contributed by atoms with van der Waals surface area (Å²) in [6, 6.07) is 8.59. The summed E-state index contributed by atoms with van der Waals surface area (Å²) in [6.07, 6.45) is 7.41. The number of hydrogen-bond donors (Lipinski definition) is 2. The lowest BCUT2D eigenvalue weighted by Gasteiger charge is -2.39. The summed E-state index contributed by atoms with van der Waals surface area (Å²) < 4.78 is 27.1. The molecule has 158 valence electrons. The average Bonchev–Trinajstić information content (AvgIpc) is 2.98. The van der Waals surface area contributed by atoms with E-state index in [2.05, 4.69) is 5.32 Å². The molecule has 7 heteroatoms. The summed E-state index contributed by atoms with van der Waals surface area (Å²) in [6.45, 7) is 0.955. The minimum atomic E-state index is -3.44. The van der Waals surface area contributed by atoms with Crippen LogP contribution in [0.25, 0.3) is 0 Å². The third-order valence-electron chi connectivity index (χ3n) is 8.01. The second-order valence-electron chi connectivity index (χ2n) is 9.94. The first-order valence-electron chi connectivity index (χ1n) is 10.9. The highest BCUT2D eigenvalue weighted by Crippen LogP contribution is 2.61. The maximum absolute atomic E-state index is 12.9. The van der Waals surface area contributed by atoms with Gasteiger partial charge in [-0.1, -0.05) is 18.2 Å². The molecule has 3 N–H and O–H groups in total. The highest BCUT2D eigenvalue weighted by atomic mass is 32.2. The molecule has 6 nitrogen and oxygen atoms in total. The number of nitrogens with two attached hydrogens (primary N) is 1. The molecule has 4 atom stereocenters. The fourth-order valence-corrected chi connectivity index (χ4v) is 8.32. The van der Waals surface area contributed by atoms with Crippen molar-refractivity contribution in [3.63, 3.8) is 0 Å². The molecule has 4 saturated carbocycles. The fraction of sp³-hybridized carbons (Fsp3) is 0.682. The highest BCUT2D eigenvalue weighted by molar-refractivity contribution is 7.89. The van der Waals surface area contributed by atoms with Gasteiger partial charge in [-0.2, -0.15) is 4.31 Å². The lowest BCUT2D eigenvalue weighted by atomic mass is 9.80. The number of rotatable bonds is 5. The Labute approximate surface area is 173 Å². The normalized spacial score (nSPS) is 37.1. The first-order valence-corrected chi connectivity index (χ1v) is 12.4. The lowest BCUT2D eigenvalue weighted by Crippen LogP contribution is -2.62. The van der Waals surface area contributed by atoms with E-state index in [9.17, 15) is 13.2 Å². The molecular weight excluding hydrogens is 386 g/mol. The molecule has 0 aromatic heterocycles. The van der Waals surface area contributed by atoms with E-state index in [1.54, 1.807) is 28.6 Å². The molecule has 4 bridgehead atoms. The summed E-state index contributed by atoms with van der Waals surface area (Å²) in [5, 5.41) is 3.37. The van der Waals surface area contributed by atoms with Gasteiger partial charge in [-0.25, -0.2) is 8.42 Å². The molecule has 0 radical (unpaired) electrons. The molecule has 6 rings (SSSR count). The number of nitrogens with one attached hydrogen (secondary N) is 1. The van der Waals surface area contributed by atoms with Crippen LogP contribution in [0.1, 0.15) is 51.4 Å². The summed E-state index contributed by atoms with van der Waals surface area (Å²) in [5.74, 6) is 1.70. The maximum atomic E-state index is 12.9. The van der Waals surface area contributed by atoms with Crippen molar-refractivity contribution in [3.05, 3.63) is 30.3 Å². The first kappa shape index (κ1) is 19.5. The molecule has 0 spiro atoms. The smallest absolute Gasteiger partial charge is 0.243 e. The van der Waals surface area contributed by atoms with Gasteiger partial charge in [0.05, 0.1) is 10.4 Å². The van der Waals surface area contributed by atoms with Crippen molar-refractivity contribution < 1.29 is 13.2 Å². The Morgan fingerprint density at radius 2 is 1.69 bits per heavy atom. The summed E-state index contributed by atoms with van der Waals surface area (Å²) in [4.78, 5) is 13.2. The van der Waals surface area contributed by atoms with Gasteiger partial charge in [-0.15, -0.1) is 0 Å². The van der Waals surface area contributed by atoms with Gasteiger partial charge in [0.2, 0.25) is 15.9 Å². The van der Waals surface area contributed by atoms with Crippen molar-refractivity contribution in [1.82, 2.24) is 9.62 Å². The average molecular weight is 418 g/mol. The molecule has 1 aromatic rings. The zero-order valence-electron chi connectivity index (χ0n) is 16.8. The number of carbonyl (C=O) groups is 1. The van der Waals surface area contributed by atoms with E-state index in [0.717, 1.165) is 38.5 Å². The van der Waals surface area contributed by atoms with Crippen molar-refractivity contribution in [1.29, 1.82) is 0 Å². The summed E-state index contributed by atoms with van der Waals surface area (Å²) in [5.41, 5.74) is 6.34. The Hall–Kier alpha value is -1.44. The van der Waals surface area contributed by atoms with E-state index in [0.29, 0.717) is 36.2 Å². The Morgan fingerprint density at radius 1 is 1.07 bits per heavy atom. The molecular formula is C22H31N3O3S. The van der Waals surface area contributed by atoms with Gasteiger partial charge in [-0.3, -0.25) is 4.79 Å². The highest BCUT2D eigenvalue weighted by Gasteiger charge is 2.65. The van der Waals surface area contributed by atoms with E-state index in [1.165, 1.54) is 6.42 Å². The van der Waals surface area contributed by atoms with Crippen LogP contribution in [0.3, 0.4) is 0 Å². The Morgan fingerprint density at radius 3 is 2.31 bits per heavy atom. The van der Waals surface area contributed by atoms with E-state index in [4.69, 9.17) is 5.73 Å². The maximum Gasteiger partial charge on any atom is 0.243 e. The summed E-state index contributed by atoms with van der Waals surface area (Å²) in [7, 11) is -3.44. The Balaban J connectivity index is 1.17. The van der Waals surface area contributed by atoms with Crippen LogP contribution in [0, 0.1) is 17.8 Å². The topological polar surface area (TPSA) is 92.5 Å². The van der Waals surface area contributed by atoms with Crippen LogP contribution in [-0.2, 0) is 14.8 Å². The van der Waals surface area contributed by atoms with E-state index in [-0.39, 0.29) is 22.9 Å². The van der Waals surface area contributed by atoms with Crippen LogP contribution in [0.15, 0.2) is 35.2 Å². The standard InChI is InChI=1S/C22H31N3O3S/c23-21-12-17-10-18(13-21)15-22(21,14-17)24-20(26)11-16-6-8-25(9-7-16)29(27,28)19-4-2-1-3-5-19/h1-5,16-18H,6-15,23H2,(H,24,26)/t17-,18?,21?,22?/m1/s1. The minimum absolute atomic E-state index is 0.104. The van der Waals surface area contributed by atoms with E-state index < -0.39 is 10.0 Å². The van der Waals surface area contributed by atoms with Crippen molar-refractivity contribution in [2.24, 2.45) is 23.5 Å². The number of amides is 1. The van der Waals surface area contributed by atoms with Crippen molar-refractivity contribution in [3.8, 4) is 0 Å². The molecule has 1 saturated heterocycles. The number of nitrogens with zero attached hydrogens (tertiary/aromatic N) is 1. The van der Waals surface area contributed by atoms with Gasteiger partial charge < -0.3 is 11.1 Å². The summed E-state index contributed by atoms with van der Waals surface area (Å²) >= 11 is 0. The number of carbonyl (C=O) groups excluding carboxylic acids is 1. The van der Waals surface area contributed by atoms with Crippen LogP contribution < -0.4 is 11.1 Å². The number of sulfonamides is 1. The molecule has 1 heterocycles. The zero-order valence-corrected chi connectivity index (χ0v) is 17.7. The molecule has 5 aliphatic rings. The largest absolute Gasteiger partial charge is 0.349 e. The van der Waals surface area contributed by atoms with Gasteiger partial charge in [0.1, 0.15) is 0 Å². The van der Waals surface area contributed by atoms with Crippen LogP contribution >= 0.6 is 0 Å². The van der Waals surface area contributed by atoms with E-state index in [1.807, 2.05) is 6.07 Å². The molecule has 5 fully saturated rings. The number of piperidine rings is 1. The number of benzene rings is 1. The molecule has 4 aliphatic carbocycles. The van der Waals surface area contributed by atoms with Crippen molar-refractivity contribution in [2.45, 2.75) is 67.3 Å². The van der Waals surface area contributed by atoms with Crippen LogP contribution in [0.2, 0.25) is 0 Å². The van der Waals surface area contributed by atoms with Gasteiger partial charge >= 0.3 is 0 Å². The monoisotopic (exact) mass is 417 g/mol. The first-order chi connectivity index (χ1) is 13.8. The SMILES string of the molecule is NC12CC3C[C@H](C1)CC2(NC(=O)CC1CCN(S(=O)(=O)c2ccccc2)CC1)C3. The predicted molar refractivity (Wildman–Crippen MR) is 110 cm³/mol. The third kappa shape index (κ3) is 3.22. The Kier molecular flexibility index (Phi) is 4.57. The minimum Gasteiger partial charge on any atom is -0.349 e. The van der Waals surface area contributed by atoms with Crippen LogP contribution in [0.4, 0.5) is 0 Å². The predicted octanol–water partition coefficient (Wildman–Crippen LogP) is 2.25. The van der Waals surface area contributed by atoms with Crippen LogP contribution in [0.5, 0.6) is 0 Å². The quantitative estimate of drug-likeness (QED) is 0.769. The molecule has 1 amide bonds. The number of hydrogen-bond acceptors (Lipinski definition) is 4. The van der Waals surface area contributed by atoms with Crippen molar-refractivity contribution >= 4 is 15.9 Å². The van der Waals surface area contributed by atoms with Gasteiger partial charge in [0, 0.05) is 25.0 Å². The Bertz CT molecular complexity index is 879.